The number of hydrogen-bond acceptors (Lipinski definition) is 8. The van der Waals surface area contributed by atoms with Crippen molar-refractivity contribution in [2.24, 2.45) is 5.92 Å². The van der Waals surface area contributed by atoms with Crippen molar-refractivity contribution in [2.45, 2.75) is 81.8 Å². The molecule has 202 valence electrons. The van der Waals surface area contributed by atoms with Gasteiger partial charge in [0.25, 0.3) is 6.43 Å². The lowest BCUT2D eigenvalue weighted by Crippen LogP contribution is -2.53. The lowest BCUT2D eigenvalue weighted by Gasteiger charge is -2.44. The second-order valence-corrected chi connectivity index (χ2v) is 11.8. The van der Waals surface area contributed by atoms with Gasteiger partial charge in [0.05, 0.1) is 28.0 Å². The van der Waals surface area contributed by atoms with Gasteiger partial charge in [-0.1, -0.05) is 17.4 Å². The highest BCUT2D eigenvalue weighted by atomic mass is 32.1. The van der Waals surface area contributed by atoms with E-state index in [1.807, 2.05) is 18.2 Å². The third kappa shape index (κ3) is 4.92. The van der Waals surface area contributed by atoms with Gasteiger partial charge < -0.3 is 15.2 Å². The van der Waals surface area contributed by atoms with Crippen LogP contribution in [0.25, 0.3) is 21.3 Å². The first kappa shape index (κ1) is 25.7. The van der Waals surface area contributed by atoms with Gasteiger partial charge in [-0.25, -0.2) is 23.7 Å². The van der Waals surface area contributed by atoms with Gasteiger partial charge in [0.1, 0.15) is 6.61 Å². The van der Waals surface area contributed by atoms with Gasteiger partial charge in [-0.2, -0.15) is 0 Å². The van der Waals surface area contributed by atoms with Crippen LogP contribution in [0.4, 0.5) is 13.9 Å². The molecule has 2 aromatic heterocycles. The lowest BCUT2D eigenvalue weighted by atomic mass is 9.78. The number of nitrogens with one attached hydrogen (secondary N) is 1. The number of carbonyl (C=O) groups is 1. The molecule has 11 heteroatoms. The summed E-state index contributed by atoms with van der Waals surface area (Å²) in [6.07, 6.45) is 5.46. The maximum atomic E-state index is 13.4. The standard InChI is InChI=1S/C27H31F2N5O3S/c1-34(27(7-8-27)25(28)29)18-9-16(10-18)24(36)33-26-32-19-6-5-15(11-22(19)38-26)17-12-30-23(31-13-17)14-37-21-4-2-3-20(21)35/h5-6,11-13,16,18,20-21,25,35H,2-4,7-10,14H2,1H3,(H,32,33,36)/t16?,18?,20-,21-/m0/s1. The van der Waals surface area contributed by atoms with Crippen molar-refractivity contribution in [3.63, 3.8) is 0 Å². The molecule has 0 unspecified atom stereocenters. The Morgan fingerprint density at radius 1 is 1.24 bits per heavy atom. The number of aliphatic hydroxyl groups is 1. The number of aliphatic hydroxyl groups excluding tert-OH is 1. The minimum Gasteiger partial charge on any atom is -0.390 e. The van der Waals surface area contributed by atoms with E-state index in [0.29, 0.717) is 36.6 Å². The fraction of sp³-hybridized carbons (Fsp3) is 0.556. The molecule has 3 aliphatic carbocycles. The smallest absolute Gasteiger partial charge is 0.256 e. The van der Waals surface area contributed by atoms with E-state index in [9.17, 15) is 18.7 Å². The Hall–Kier alpha value is -2.60. The topological polar surface area (TPSA) is 100 Å². The third-order valence-corrected chi connectivity index (χ3v) is 9.34. The van der Waals surface area contributed by atoms with Crippen molar-refractivity contribution in [2.75, 3.05) is 12.4 Å². The van der Waals surface area contributed by atoms with E-state index < -0.39 is 18.1 Å². The highest BCUT2D eigenvalue weighted by molar-refractivity contribution is 7.22. The van der Waals surface area contributed by atoms with Crippen LogP contribution < -0.4 is 5.32 Å². The van der Waals surface area contributed by atoms with Crippen LogP contribution in [-0.4, -0.2) is 68.1 Å². The largest absolute Gasteiger partial charge is 0.390 e. The fourth-order valence-corrected chi connectivity index (χ4v) is 6.47. The summed E-state index contributed by atoms with van der Waals surface area (Å²) in [6, 6.07) is 5.87. The van der Waals surface area contributed by atoms with E-state index in [-0.39, 0.29) is 30.6 Å². The van der Waals surface area contributed by atoms with Crippen molar-refractivity contribution in [1.29, 1.82) is 0 Å². The van der Waals surface area contributed by atoms with Gasteiger partial charge in [-0.05, 0) is 69.7 Å². The van der Waals surface area contributed by atoms with Crippen LogP contribution in [0, 0.1) is 5.92 Å². The van der Waals surface area contributed by atoms with Gasteiger partial charge >= 0.3 is 0 Å². The highest BCUT2D eigenvalue weighted by Gasteiger charge is 2.57. The summed E-state index contributed by atoms with van der Waals surface area (Å²) in [7, 11) is 1.76. The average molecular weight is 544 g/mol. The van der Waals surface area contributed by atoms with E-state index >= 15 is 0 Å². The van der Waals surface area contributed by atoms with Crippen LogP contribution in [0.15, 0.2) is 30.6 Å². The fourth-order valence-electron chi connectivity index (χ4n) is 5.56. The minimum absolute atomic E-state index is 0.0228. The van der Waals surface area contributed by atoms with Crippen LogP contribution in [0.5, 0.6) is 0 Å². The van der Waals surface area contributed by atoms with E-state index in [1.54, 1.807) is 24.3 Å². The molecule has 3 saturated carbocycles. The summed E-state index contributed by atoms with van der Waals surface area (Å²) >= 11 is 1.40. The molecule has 0 aliphatic heterocycles. The Bertz CT molecular complexity index is 1310. The number of amides is 1. The van der Waals surface area contributed by atoms with Crippen LogP contribution >= 0.6 is 11.3 Å². The molecule has 0 spiro atoms. The Morgan fingerprint density at radius 3 is 2.66 bits per heavy atom. The number of carbonyl (C=O) groups excluding carboxylic acids is 1. The van der Waals surface area contributed by atoms with Gasteiger partial charge in [0, 0.05) is 29.9 Å². The Morgan fingerprint density at radius 2 is 2.00 bits per heavy atom. The molecule has 8 nitrogen and oxygen atoms in total. The number of anilines is 1. The summed E-state index contributed by atoms with van der Waals surface area (Å²) in [5.41, 5.74) is 1.61. The average Bonchev–Trinajstić information content (AvgIpc) is 3.45. The summed E-state index contributed by atoms with van der Waals surface area (Å²) < 4.78 is 33.5. The Balaban J connectivity index is 1.05. The van der Waals surface area contributed by atoms with E-state index in [1.165, 1.54) is 11.3 Å². The molecule has 1 aromatic carbocycles. The number of fused-ring (bicyclic) bond motifs is 1. The van der Waals surface area contributed by atoms with Gasteiger partial charge in [0.2, 0.25) is 5.91 Å². The summed E-state index contributed by atoms with van der Waals surface area (Å²) in [6.45, 7) is 0.268. The van der Waals surface area contributed by atoms with E-state index in [0.717, 1.165) is 40.6 Å². The maximum absolute atomic E-state index is 13.4. The van der Waals surface area contributed by atoms with Crippen LogP contribution in [0.3, 0.4) is 0 Å². The molecular formula is C27H31F2N5O3S. The number of hydrogen-bond donors (Lipinski definition) is 2. The first-order valence-electron chi connectivity index (χ1n) is 13.2. The number of rotatable bonds is 9. The molecule has 3 aliphatic rings. The van der Waals surface area contributed by atoms with Gasteiger partial charge in [-0.3, -0.25) is 9.69 Å². The summed E-state index contributed by atoms with van der Waals surface area (Å²) in [5, 5.41) is 13.3. The molecule has 0 saturated heterocycles. The molecule has 1 amide bonds. The second kappa shape index (κ2) is 10.2. The summed E-state index contributed by atoms with van der Waals surface area (Å²) in [5.74, 6) is 0.282. The molecule has 6 rings (SSSR count). The monoisotopic (exact) mass is 543 g/mol. The van der Waals surface area contributed by atoms with Crippen molar-refractivity contribution in [3.05, 3.63) is 36.4 Å². The molecule has 2 atom stereocenters. The number of alkyl halides is 2. The molecule has 0 radical (unpaired) electrons. The number of halogens is 2. The number of benzene rings is 1. The van der Waals surface area contributed by atoms with Crippen LogP contribution in [0.1, 0.15) is 50.8 Å². The number of nitrogens with zero attached hydrogens (tertiary/aromatic N) is 4. The number of ether oxygens (including phenoxy) is 1. The van der Waals surface area contributed by atoms with Crippen molar-refractivity contribution < 1.29 is 23.4 Å². The number of thiazole rings is 1. The van der Waals surface area contributed by atoms with Crippen LogP contribution in [0.2, 0.25) is 0 Å². The van der Waals surface area contributed by atoms with Crippen molar-refractivity contribution in [3.8, 4) is 11.1 Å². The lowest BCUT2D eigenvalue weighted by molar-refractivity contribution is -0.125. The van der Waals surface area contributed by atoms with E-state index in [4.69, 9.17) is 4.74 Å². The maximum Gasteiger partial charge on any atom is 0.256 e. The molecule has 2 N–H and O–H groups in total. The first-order chi connectivity index (χ1) is 18.3. The molecule has 0 bridgehead atoms. The molecule has 3 fully saturated rings. The molecule has 38 heavy (non-hydrogen) atoms. The number of aromatic nitrogens is 3. The SMILES string of the molecule is CN(C1CC(C(=O)Nc2nc3ccc(-c4cnc(CO[C@H]5CCC[C@@H]5O)nc4)cc3s2)C1)C1(C(F)F)CC1. The van der Waals surface area contributed by atoms with E-state index in [2.05, 4.69) is 20.3 Å². The predicted octanol–water partition coefficient (Wildman–Crippen LogP) is 4.63. The first-order valence-corrected chi connectivity index (χ1v) is 14.0. The molecule has 3 aromatic rings. The molecular weight excluding hydrogens is 512 g/mol. The van der Waals surface area contributed by atoms with Crippen molar-refractivity contribution >= 4 is 32.6 Å². The minimum atomic E-state index is -2.34. The second-order valence-electron chi connectivity index (χ2n) is 10.8. The normalized spacial score (nSPS) is 26.2. The Labute approximate surface area is 223 Å². The highest BCUT2D eigenvalue weighted by Crippen LogP contribution is 2.50. The summed E-state index contributed by atoms with van der Waals surface area (Å²) in [4.78, 5) is 27.9. The third-order valence-electron chi connectivity index (χ3n) is 8.40. The van der Waals surface area contributed by atoms with Gasteiger partial charge in [-0.15, -0.1) is 0 Å². The van der Waals surface area contributed by atoms with Crippen LogP contribution in [-0.2, 0) is 16.1 Å². The van der Waals surface area contributed by atoms with Crippen molar-refractivity contribution in [1.82, 2.24) is 19.9 Å². The zero-order chi connectivity index (χ0) is 26.4. The zero-order valence-corrected chi connectivity index (χ0v) is 22.0. The Kier molecular flexibility index (Phi) is 6.88. The molecule has 2 heterocycles. The quantitative estimate of drug-likeness (QED) is 0.406. The zero-order valence-electron chi connectivity index (χ0n) is 21.1. The predicted molar refractivity (Wildman–Crippen MR) is 140 cm³/mol. The van der Waals surface area contributed by atoms with Gasteiger partial charge in [0.15, 0.2) is 11.0 Å².